The van der Waals surface area contributed by atoms with Gasteiger partial charge in [0, 0.05) is 17.8 Å². The van der Waals surface area contributed by atoms with E-state index in [1.165, 1.54) is 45.1 Å². The van der Waals surface area contributed by atoms with Crippen molar-refractivity contribution in [2.24, 2.45) is 0 Å². The van der Waals surface area contributed by atoms with Crippen LogP contribution in [0.15, 0.2) is 4.34 Å². The second-order valence-electron chi connectivity index (χ2n) is 5.56. The minimum Gasteiger partial charge on any atom is -0.357 e. The van der Waals surface area contributed by atoms with E-state index in [9.17, 15) is 0 Å². The molecule has 3 rings (SSSR count). The molecule has 1 atom stereocenters. The average Bonchev–Trinajstić information content (AvgIpc) is 3.10. The fourth-order valence-corrected chi connectivity index (χ4v) is 4.46. The van der Waals surface area contributed by atoms with Gasteiger partial charge in [-0.15, -0.1) is 10.2 Å². The number of thioether (sulfide) groups is 1. The molecule has 0 radical (unpaired) electrons. The van der Waals surface area contributed by atoms with Crippen LogP contribution in [0.4, 0.5) is 5.13 Å². The van der Waals surface area contributed by atoms with Gasteiger partial charge in [0.2, 0.25) is 5.13 Å². The normalized spacial score (nSPS) is 24.6. The van der Waals surface area contributed by atoms with Crippen LogP contribution in [0.1, 0.15) is 38.5 Å². The first kappa shape index (κ1) is 13.6. The van der Waals surface area contributed by atoms with Crippen molar-refractivity contribution in [1.82, 2.24) is 15.1 Å². The predicted octanol–water partition coefficient (Wildman–Crippen LogP) is 3.08. The first-order valence-corrected chi connectivity index (χ1v) is 9.04. The van der Waals surface area contributed by atoms with Crippen LogP contribution in [-0.4, -0.2) is 46.5 Å². The summed E-state index contributed by atoms with van der Waals surface area (Å²) in [7, 11) is 2.26. The fraction of sp³-hybridized carbons (Fsp3) is 0.846. The van der Waals surface area contributed by atoms with Gasteiger partial charge < -0.3 is 10.2 Å². The smallest absolute Gasteiger partial charge is 0.206 e. The molecule has 2 fully saturated rings. The molecule has 1 saturated carbocycles. The summed E-state index contributed by atoms with van der Waals surface area (Å²) in [5.41, 5.74) is 0. The topological polar surface area (TPSA) is 41.1 Å². The molecule has 6 heteroatoms. The van der Waals surface area contributed by atoms with Crippen LogP contribution in [0.3, 0.4) is 0 Å². The van der Waals surface area contributed by atoms with E-state index in [-0.39, 0.29) is 0 Å². The Kier molecular flexibility index (Phi) is 4.61. The molecule has 1 aliphatic carbocycles. The second kappa shape index (κ2) is 6.41. The lowest BCUT2D eigenvalue weighted by Crippen LogP contribution is -2.36. The van der Waals surface area contributed by atoms with Crippen molar-refractivity contribution in [3.63, 3.8) is 0 Å². The number of hydrogen-bond donors (Lipinski definition) is 1. The van der Waals surface area contributed by atoms with Crippen molar-refractivity contribution in [2.45, 2.75) is 54.9 Å². The molecule has 19 heavy (non-hydrogen) atoms. The zero-order valence-corrected chi connectivity index (χ0v) is 13.1. The number of rotatable bonds is 6. The third kappa shape index (κ3) is 4.07. The first-order chi connectivity index (χ1) is 9.31. The quantitative estimate of drug-likeness (QED) is 0.817. The molecule has 1 aromatic heterocycles. The zero-order chi connectivity index (χ0) is 13.1. The molecule has 0 amide bonds. The van der Waals surface area contributed by atoms with E-state index in [2.05, 4.69) is 27.5 Å². The maximum absolute atomic E-state index is 4.25. The van der Waals surface area contributed by atoms with Gasteiger partial charge in [-0.05, 0) is 45.7 Å². The Morgan fingerprint density at radius 3 is 3.00 bits per heavy atom. The van der Waals surface area contributed by atoms with Crippen LogP contribution in [0.2, 0.25) is 0 Å². The van der Waals surface area contributed by atoms with Gasteiger partial charge in [0.05, 0.1) is 0 Å². The van der Waals surface area contributed by atoms with Gasteiger partial charge in [-0.3, -0.25) is 0 Å². The third-order valence-corrected chi connectivity index (χ3v) is 5.93. The van der Waals surface area contributed by atoms with E-state index in [1.54, 1.807) is 11.3 Å². The first-order valence-electron chi connectivity index (χ1n) is 7.24. The van der Waals surface area contributed by atoms with E-state index in [0.717, 1.165) is 21.3 Å². The van der Waals surface area contributed by atoms with Crippen LogP contribution >= 0.6 is 23.1 Å². The molecule has 2 heterocycles. The molecular weight excluding hydrogens is 276 g/mol. The molecule has 0 spiro atoms. The largest absolute Gasteiger partial charge is 0.357 e. The summed E-state index contributed by atoms with van der Waals surface area (Å²) in [5.74, 6) is 1.16. The van der Waals surface area contributed by atoms with Gasteiger partial charge in [-0.25, -0.2) is 0 Å². The molecule has 1 aromatic rings. The lowest BCUT2D eigenvalue weighted by molar-refractivity contribution is 0.182. The van der Waals surface area contributed by atoms with Crippen LogP contribution in [-0.2, 0) is 0 Å². The highest BCUT2D eigenvalue weighted by Gasteiger charge is 2.22. The van der Waals surface area contributed by atoms with Crippen molar-refractivity contribution in [2.75, 3.05) is 24.7 Å². The maximum Gasteiger partial charge on any atom is 0.206 e. The van der Waals surface area contributed by atoms with Crippen LogP contribution < -0.4 is 5.32 Å². The van der Waals surface area contributed by atoms with Crippen LogP contribution in [0.25, 0.3) is 0 Å². The molecule has 0 aromatic carbocycles. The molecule has 0 unspecified atom stereocenters. The Morgan fingerprint density at radius 1 is 1.32 bits per heavy atom. The molecule has 1 N–H and O–H groups in total. The van der Waals surface area contributed by atoms with E-state index in [1.807, 2.05) is 11.8 Å². The average molecular weight is 298 g/mol. The van der Waals surface area contributed by atoms with E-state index < -0.39 is 0 Å². The number of aromatic nitrogens is 2. The number of anilines is 1. The van der Waals surface area contributed by atoms with Gasteiger partial charge in [0.25, 0.3) is 0 Å². The number of nitrogens with zero attached hydrogens (tertiary/aromatic N) is 3. The van der Waals surface area contributed by atoms with Gasteiger partial charge in [-0.1, -0.05) is 29.5 Å². The molecular formula is C13H22N4S2. The Labute approximate surface area is 123 Å². The standard InChI is InChI=1S/C13H22N4S2/c1-17-8-3-2-4-11(17)7-9-18-13-16-15-12(19-13)14-10-5-6-10/h10-11H,2-9H2,1H3,(H,14,15)/t11-/m0/s1. The number of likely N-dealkylation sites (tertiary alicyclic amines) is 1. The Morgan fingerprint density at radius 2 is 2.21 bits per heavy atom. The van der Waals surface area contributed by atoms with Crippen molar-refractivity contribution < 1.29 is 0 Å². The lowest BCUT2D eigenvalue weighted by Gasteiger charge is -2.32. The van der Waals surface area contributed by atoms with Crippen molar-refractivity contribution >= 4 is 28.2 Å². The summed E-state index contributed by atoms with van der Waals surface area (Å²) in [4.78, 5) is 2.52. The molecule has 4 nitrogen and oxygen atoms in total. The third-order valence-electron chi connectivity index (χ3n) is 3.91. The molecule has 2 aliphatic rings. The van der Waals surface area contributed by atoms with Crippen molar-refractivity contribution in [3.05, 3.63) is 0 Å². The van der Waals surface area contributed by atoms with Crippen molar-refractivity contribution in [3.8, 4) is 0 Å². The molecule has 1 aliphatic heterocycles. The highest BCUT2D eigenvalue weighted by atomic mass is 32.2. The summed E-state index contributed by atoms with van der Waals surface area (Å²) in [5, 5.41) is 12.9. The monoisotopic (exact) mass is 298 g/mol. The zero-order valence-electron chi connectivity index (χ0n) is 11.5. The predicted molar refractivity (Wildman–Crippen MR) is 82.2 cm³/mol. The molecule has 0 bridgehead atoms. The minimum absolute atomic E-state index is 0.668. The summed E-state index contributed by atoms with van der Waals surface area (Å²) in [6.45, 7) is 1.27. The fourth-order valence-electron chi connectivity index (χ4n) is 2.52. The Hall–Kier alpha value is -0.330. The van der Waals surface area contributed by atoms with Crippen molar-refractivity contribution in [1.29, 1.82) is 0 Å². The van der Waals surface area contributed by atoms with Gasteiger partial charge in [0.15, 0.2) is 4.34 Å². The second-order valence-corrected chi connectivity index (χ2v) is 7.88. The highest BCUT2D eigenvalue weighted by Crippen LogP contribution is 2.31. The summed E-state index contributed by atoms with van der Waals surface area (Å²) in [6, 6.07) is 1.44. The lowest BCUT2D eigenvalue weighted by atomic mass is 10.0. The number of nitrogens with one attached hydrogen (secondary N) is 1. The summed E-state index contributed by atoms with van der Waals surface area (Å²) < 4.78 is 1.11. The van der Waals surface area contributed by atoms with Crippen LogP contribution in [0, 0.1) is 0 Å². The SMILES string of the molecule is CN1CCCC[C@H]1CCSc1nnc(NC2CC2)s1. The minimum atomic E-state index is 0.668. The van der Waals surface area contributed by atoms with E-state index in [0.29, 0.717) is 6.04 Å². The van der Waals surface area contributed by atoms with Gasteiger partial charge in [-0.2, -0.15) is 0 Å². The van der Waals surface area contributed by atoms with Crippen LogP contribution in [0.5, 0.6) is 0 Å². The Balaban J connectivity index is 1.40. The van der Waals surface area contributed by atoms with Gasteiger partial charge in [0.1, 0.15) is 0 Å². The summed E-state index contributed by atoms with van der Waals surface area (Å²) >= 11 is 3.57. The Bertz CT molecular complexity index is 405. The number of piperidine rings is 1. The molecule has 1 saturated heterocycles. The van der Waals surface area contributed by atoms with Gasteiger partial charge >= 0.3 is 0 Å². The van der Waals surface area contributed by atoms with E-state index >= 15 is 0 Å². The highest BCUT2D eigenvalue weighted by molar-refractivity contribution is 8.01. The molecule has 106 valence electrons. The van der Waals surface area contributed by atoms with E-state index in [4.69, 9.17) is 0 Å². The number of hydrogen-bond acceptors (Lipinski definition) is 6. The maximum atomic E-state index is 4.25. The summed E-state index contributed by atoms with van der Waals surface area (Å²) in [6.07, 6.45) is 7.97.